The van der Waals surface area contributed by atoms with Crippen LogP contribution in [-0.2, 0) is 6.54 Å². The number of halogens is 2. The van der Waals surface area contributed by atoms with E-state index in [4.69, 9.17) is 0 Å². The van der Waals surface area contributed by atoms with Crippen LogP contribution in [0.5, 0.6) is 0 Å². The fraction of sp³-hybridized carbons (Fsp3) is 0.583. The van der Waals surface area contributed by atoms with Crippen LogP contribution in [0.15, 0.2) is 22.9 Å². The number of nitrogens with one attached hydrogen (secondary N) is 1. The molecule has 1 aliphatic rings. The van der Waals surface area contributed by atoms with E-state index < -0.39 is 0 Å². The van der Waals surface area contributed by atoms with E-state index >= 15 is 0 Å². The van der Waals surface area contributed by atoms with Gasteiger partial charge in [0.1, 0.15) is 4.60 Å². The monoisotopic (exact) mass is 319 g/mol. The van der Waals surface area contributed by atoms with E-state index in [1.165, 1.54) is 24.9 Å². The fourth-order valence-electron chi connectivity index (χ4n) is 2.13. The third-order valence-electron chi connectivity index (χ3n) is 3.11. The fourth-order valence-corrected chi connectivity index (χ4v) is 2.36. The van der Waals surface area contributed by atoms with Crippen molar-refractivity contribution in [1.82, 2.24) is 15.2 Å². The Balaban J connectivity index is 0.00000144. The second-order valence-corrected chi connectivity index (χ2v) is 5.22. The van der Waals surface area contributed by atoms with Crippen molar-refractivity contribution in [2.75, 3.05) is 20.1 Å². The Morgan fingerprint density at radius 2 is 2.35 bits per heavy atom. The van der Waals surface area contributed by atoms with Crippen molar-refractivity contribution in [3.63, 3.8) is 0 Å². The smallest absolute Gasteiger partial charge is 0.106 e. The van der Waals surface area contributed by atoms with Gasteiger partial charge in [-0.15, -0.1) is 12.4 Å². The zero-order chi connectivity index (χ0) is 11.4. The van der Waals surface area contributed by atoms with Gasteiger partial charge in [0.05, 0.1) is 0 Å². The first-order valence-corrected chi connectivity index (χ1v) is 6.56. The summed E-state index contributed by atoms with van der Waals surface area (Å²) in [6.07, 6.45) is 4.53. The van der Waals surface area contributed by atoms with Gasteiger partial charge in [-0.05, 0) is 54.0 Å². The van der Waals surface area contributed by atoms with Crippen molar-refractivity contribution >= 4 is 28.3 Å². The van der Waals surface area contributed by atoms with Crippen LogP contribution in [0.3, 0.4) is 0 Å². The van der Waals surface area contributed by atoms with E-state index in [2.05, 4.69) is 44.2 Å². The summed E-state index contributed by atoms with van der Waals surface area (Å²) in [6.45, 7) is 3.26. The Labute approximate surface area is 118 Å². The summed E-state index contributed by atoms with van der Waals surface area (Å²) in [5.74, 6) is 0. The van der Waals surface area contributed by atoms with Crippen LogP contribution in [0.25, 0.3) is 0 Å². The van der Waals surface area contributed by atoms with Crippen molar-refractivity contribution in [3.05, 3.63) is 28.5 Å². The molecule has 0 aliphatic carbocycles. The number of nitrogens with zero attached hydrogens (tertiary/aromatic N) is 2. The van der Waals surface area contributed by atoms with Crippen molar-refractivity contribution in [1.29, 1.82) is 0 Å². The zero-order valence-electron chi connectivity index (χ0n) is 10.0. The highest BCUT2D eigenvalue weighted by atomic mass is 79.9. The summed E-state index contributed by atoms with van der Waals surface area (Å²) in [5, 5.41) is 3.45. The zero-order valence-corrected chi connectivity index (χ0v) is 12.4. The maximum Gasteiger partial charge on any atom is 0.106 e. The third-order valence-corrected chi connectivity index (χ3v) is 3.58. The number of aromatic nitrogens is 1. The standard InChI is InChI=1S/C12H18BrN3.ClH/c1-16(11-3-2-6-14-8-11)9-10-4-5-12(13)15-7-10;/h4-5,7,11,14H,2-3,6,8-9H2,1H3;1H/t11-;/m0./s1. The average molecular weight is 321 g/mol. The van der Waals surface area contributed by atoms with E-state index in [9.17, 15) is 0 Å². The first kappa shape index (κ1) is 14.9. The van der Waals surface area contributed by atoms with E-state index in [0.29, 0.717) is 6.04 Å². The molecule has 1 aliphatic heterocycles. The summed E-state index contributed by atoms with van der Waals surface area (Å²) >= 11 is 3.35. The predicted octanol–water partition coefficient (Wildman–Crippen LogP) is 2.45. The Morgan fingerprint density at radius 1 is 1.53 bits per heavy atom. The second-order valence-electron chi connectivity index (χ2n) is 4.40. The van der Waals surface area contributed by atoms with Crippen molar-refractivity contribution in [2.45, 2.75) is 25.4 Å². The molecule has 3 nitrogen and oxygen atoms in total. The highest BCUT2D eigenvalue weighted by Gasteiger charge is 2.17. The van der Waals surface area contributed by atoms with Gasteiger partial charge >= 0.3 is 0 Å². The highest BCUT2D eigenvalue weighted by molar-refractivity contribution is 9.10. The Morgan fingerprint density at radius 3 is 2.94 bits per heavy atom. The van der Waals surface area contributed by atoms with Crippen LogP contribution in [0.4, 0.5) is 0 Å². The molecule has 2 heterocycles. The summed E-state index contributed by atoms with van der Waals surface area (Å²) in [5.41, 5.74) is 1.27. The van der Waals surface area contributed by atoms with E-state index in [1.807, 2.05) is 12.3 Å². The van der Waals surface area contributed by atoms with Crippen LogP contribution in [0, 0.1) is 0 Å². The summed E-state index contributed by atoms with van der Waals surface area (Å²) < 4.78 is 0.901. The predicted molar refractivity (Wildman–Crippen MR) is 76.5 cm³/mol. The van der Waals surface area contributed by atoms with Gasteiger partial charge in [0, 0.05) is 25.3 Å². The second kappa shape index (κ2) is 7.31. The van der Waals surface area contributed by atoms with Gasteiger partial charge in [-0.3, -0.25) is 4.90 Å². The molecule has 0 radical (unpaired) electrons. The van der Waals surface area contributed by atoms with Crippen LogP contribution >= 0.6 is 28.3 Å². The van der Waals surface area contributed by atoms with Crippen molar-refractivity contribution in [3.8, 4) is 0 Å². The van der Waals surface area contributed by atoms with Gasteiger partial charge in [0.15, 0.2) is 0 Å². The van der Waals surface area contributed by atoms with Crippen molar-refractivity contribution in [2.24, 2.45) is 0 Å². The molecule has 5 heteroatoms. The molecule has 96 valence electrons. The summed E-state index contributed by atoms with van der Waals surface area (Å²) in [7, 11) is 2.19. The molecule has 1 fully saturated rings. The quantitative estimate of drug-likeness (QED) is 0.867. The molecule has 0 saturated carbocycles. The number of piperidine rings is 1. The first-order valence-electron chi connectivity index (χ1n) is 5.77. The topological polar surface area (TPSA) is 28.2 Å². The maximum absolute atomic E-state index is 4.25. The lowest BCUT2D eigenvalue weighted by Crippen LogP contribution is -2.43. The molecule has 1 aromatic rings. The van der Waals surface area contributed by atoms with E-state index in [1.54, 1.807) is 0 Å². The lowest BCUT2D eigenvalue weighted by molar-refractivity contribution is 0.195. The van der Waals surface area contributed by atoms with Gasteiger partial charge in [-0.1, -0.05) is 6.07 Å². The molecular formula is C12H19BrClN3. The van der Waals surface area contributed by atoms with Gasteiger partial charge < -0.3 is 5.32 Å². The number of rotatable bonds is 3. The Bertz CT molecular complexity index is 325. The minimum atomic E-state index is 0. The summed E-state index contributed by atoms with van der Waals surface area (Å²) in [4.78, 5) is 6.67. The van der Waals surface area contributed by atoms with Crippen LogP contribution in [-0.4, -0.2) is 36.1 Å². The van der Waals surface area contributed by atoms with Crippen LogP contribution in [0.1, 0.15) is 18.4 Å². The van der Waals surface area contributed by atoms with Crippen molar-refractivity contribution < 1.29 is 0 Å². The van der Waals surface area contributed by atoms with Gasteiger partial charge in [-0.2, -0.15) is 0 Å². The molecular weight excluding hydrogens is 302 g/mol. The molecule has 1 saturated heterocycles. The van der Waals surface area contributed by atoms with Gasteiger partial charge in [0.25, 0.3) is 0 Å². The molecule has 0 aromatic carbocycles. The molecule has 0 spiro atoms. The molecule has 1 N–H and O–H groups in total. The number of hydrogen-bond acceptors (Lipinski definition) is 3. The normalized spacial score (nSPS) is 20.1. The average Bonchev–Trinajstić information content (AvgIpc) is 2.33. The lowest BCUT2D eigenvalue weighted by atomic mass is 10.1. The molecule has 0 unspecified atom stereocenters. The molecule has 0 amide bonds. The SMILES string of the molecule is CN(Cc1ccc(Br)nc1)[C@H]1CCCNC1.Cl. The first-order chi connectivity index (χ1) is 7.75. The number of likely N-dealkylation sites (N-methyl/N-ethyl adjacent to an activating group) is 1. The molecule has 0 bridgehead atoms. The molecule has 1 atom stereocenters. The maximum atomic E-state index is 4.25. The van der Waals surface area contributed by atoms with E-state index in [-0.39, 0.29) is 12.4 Å². The minimum absolute atomic E-state index is 0. The molecule has 1 aromatic heterocycles. The largest absolute Gasteiger partial charge is 0.315 e. The Kier molecular flexibility index (Phi) is 6.41. The highest BCUT2D eigenvalue weighted by Crippen LogP contribution is 2.13. The van der Waals surface area contributed by atoms with Crippen LogP contribution < -0.4 is 5.32 Å². The summed E-state index contributed by atoms with van der Waals surface area (Å²) in [6, 6.07) is 4.80. The Hall–Kier alpha value is -0.160. The molecule has 2 rings (SSSR count). The number of hydrogen-bond donors (Lipinski definition) is 1. The van der Waals surface area contributed by atoms with Crippen LogP contribution in [0.2, 0.25) is 0 Å². The third kappa shape index (κ3) is 4.54. The minimum Gasteiger partial charge on any atom is -0.315 e. The van der Waals surface area contributed by atoms with E-state index in [0.717, 1.165) is 17.7 Å². The lowest BCUT2D eigenvalue weighted by Gasteiger charge is -2.31. The van der Waals surface area contributed by atoms with Gasteiger partial charge in [0.2, 0.25) is 0 Å². The molecule has 17 heavy (non-hydrogen) atoms. The number of pyridine rings is 1. The van der Waals surface area contributed by atoms with Gasteiger partial charge in [-0.25, -0.2) is 4.98 Å².